The molecule has 3 nitrogen and oxygen atoms in total. The first-order chi connectivity index (χ1) is 9.09. The summed E-state index contributed by atoms with van der Waals surface area (Å²) in [5.74, 6) is 0. The number of halogens is 1. The highest BCUT2D eigenvalue weighted by Gasteiger charge is 2.37. The molecule has 0 amide bonds. The number of rotatable bonds is 4. The maximum absolute atomic E-state index is 6.08. The van der Waals surface area contributed by atoms with Gasteiger partial charge in [-0.2, -0.15) is 0 Å². The third-order valence-corrected chi connectivity index (χ3v) is 4.70. The zero-order valence-electron chi connectivity index (χ0n) is 11.7. The predicted octanol–water partition coefficient (Wildman–Crippen LogP) is 2.84. The normalized spacial score (nSPS) is 20.5. The molecule has 2 N–H and O–H groups in total. The van der Waals surface area contributed by atoms with Crippen molar-refractivity contribution in [3.63, 3.8) is 0 Å². The molecular formula is C15H23ClN2O. The maximum atomic E-state index is 6.08. The Bertz CT molecular complexity index is 418. The number of ether oxygens (including phenoxy) is 1. The molecule has 1 aliphatic heterocycles. The Labute approximate surface area is 120 Å². The lowest BCUT2D eigenvalue weighted by molar-refractivity contribution is -0.0282. The van der Waals surface area contributed by atoms with E-state index in [1.165, 1.54) is 5.56 Å². The van der Waals surface area contributed by atoms with Gasteiger partial charge in [0.1, 0.15) is 0 Å². The maximum Gasteiger partial charge on any atom is 0.0484 e. The van der Waals surface area contributed by atoms with Crippen molar-refractivity contribution in [3.05, 3.63) is 34.9 Å². The molecule has 1 aliphatic rings. The van der Waals surface area contributed by atoms with Crippen LogP contribution in [0.5, 0.6) is 0 Å². The minimum atomic E-state index is 0.0417. The highest BCUT2D eigenvalue weighted by molar-refractivity contribution is 6.30. The van der Waals surface area contributed by atoms with E-state index < -0.39 is 0 Å². The van der Waals surface area contributed by atoms with Crippen LogP contribution in [0.2, 0.25) is 5.02 Å². The molecule has 2 rings (SSSR count). The molecular weight excluding hydrogens is 260 g/mol. The Morgan fingerprint density at radius 1 is 1.42 bits per heavy atom. The number of nitrogens with zero attached hydrogens (tertiary/aromatic N) is 1. The SMILES string of the molecule is CC(c1cccc(Cl)c1)N(C)C1(CN)CCOCC1. The molecule has 0 aliphatic carbocycles. The van der Waals surface area contributed by atoms with Crippen molar-refractivity contribution in [2.45, 2.75) is 31.3 Å². The molecule has 0 radical (unpaired) electrons. The molecule has 4 heteroatoms. The fourth-order valence-corrected chi connectivity index (χ4v) is 3.05. The smallest absolute Gasteiger partial charge is 0.0484 e. The summed E-state index contributed by atoms with van der Waals surface area (Å²) < 4.78 is 5.48. The van der Waals surface area contributed by atoms with E-state index in [-0.39, 0.29) is 5.54 Å². The largest absolute Gasteiger partial charge is 0.381 e. The van der Waals surface area contributed by atoms with Crippen LogP contribution in [0.25, 0.3) is 0 Å². The second kappa shape index (κ2) is 6.23. The molecule has 1 unspecified atom stereocenters. The van der Waals surface area contributed by atoms with Crippen LogP contribution in [0.4, 0.5) is 0 Å². The van der Waals surface area contributed by atoms with E-state index in [2.05, 4.69) is 24.9 Å². The Balaban J connectivity index is 2.19. The first-order valence-electron chi connectivity index (χ1n) is 6.85. The molecule has 1 heterocycles. The van der Waals surface area contributed by atoms with Gasteiger partial charge < -0.3 is 10.5 Å². The van der Waals surface area contributed by atoms with E-state index >= 15 is 0 Å². The zero-order chi connectivity index (χ0) is 13.9. The number of nitrogens with two attached hydrogens (primary N) is 1. The summed E-state index contributed by atoms with van der Waals surface area (Å²) in [7, 11) is 2.16. The van der Waals surface area contributed by atoms with Gasteiger partial charge in [-0.1, -0.05) is 23.7 Å². The van der Waals surface area contributed by atoms with Crippen molar-refractivity contribution in [1.29, 1.82) is 0 Å². The van der Waals surface area contributed by atoms with Gasteiger partial charge in [0.25, 0.3) is 0 Å². The van der Waals surface area contributed by atoms with Crippen LogP contribution in [0.1, 0.15) is 31.4 Å². The van der Waals surface area contributed by atoms with Gasteiger partial charge in [0.05, 0.1) is 0 Å². The first kappa shape index (κ1) is 14.8. The summed E-state index contributed by atoms with van der Waals surface area (Å²) in [5, 5.41) is 0.784. The third-order valence-electron chi connectivity index (χ3n) is 4.46. The van der Waals surface area contributed by atoms with E-state index in [9.17, 15) is 0 Å². The lowest BCUT2D eigenvalue weighted by Gasteiger charge is -2.46. The molecule has 1 aromatic rings. The van der Waals surface area contributed by atoms with Crippen LogP contribution in [0, 0.1) is 0 Å². The highest BCUT2D eigenvalue weighted by atomic mass is 35.5. The van der Waals surface area contributed by atoms with Crippen molar-refractivity contribution in [2.75, 3.05) is 26.8 Å². The standard InChI is InChI=1S/C15H23ClN2O/c1-12(13-4-3-5-14(16)10-13)18(2)15(11-17)6-8-19-9-7-15/h3-5,10,12H,6-9,11,17H2,1-2H3. The van der Waals surface area contributed by atoms with Crippen LogP contribution >= 0.6 is 11.6 Å². The Hall–Kier alpha value is -0.610. The fourth-order valence-electron chi connectivity index (χ4n) is 2.85. The number of hydrogen-bond donors (Lipinski definition) is 1. The lowest BCUT2D eigenvalue weighted by Crippen LogP contribution is -2.55. The molecule has 0 spiro atoms. The van der Waals surface area contributed by atoms with Crippen molar-refractivity contribution < 1.29 is 4.74 Å². The number of likely N-dealkylation sites (N-methyl/N-ethyl adjacent to an activating group) is 1. The van der Waals surface area contributed by atoms with Crippen LogP contribution in [0.15, 0.2) is 24.3 Å². The van der Waals surface area contributed by atoms with Gasteiger partial charge in [-0.05, 0) is 44.5 Å². The summed E-state index contributed by atoms with van der Waals surface area (Å²) in [4.78, 5) is 2.39. The Morgan fingerprint density at radius 3 is 2.68 bits per heavy atom. The molecule has 1 saturated heterocycles. The molecule has 0 bridgehead atoms. The van der Waals surface area contributed by atoms with Gasteiger partial charge in [-0.15, -0.1) is 0 Å². The molecule has 1 fully saturated rings. The van der Waals surface area contributed by atoms with Gasteiger partial charge >= 0.3 is 0 Å². The van der Waals surface area contributed by atoms with E-state index in [1.807, 2.05) is 18.2 Å². The van der Waals surface area contributed by atoms with E-state index in [0.29, 0.717) is 12.6 Å². The molecule has 19 heavy (non-hydrogen) atoms. The summed E-state index contributed by atoms with van der Waals surface area (Å²) in [6.07, 6.45) is 1.98. The van der Waals surface area contributed by atoms with Crippen molar-refractivity contribution >= 4 is 11.6 Å². The topological polar surface area (TPSA) is 38.5 Å². The van der Waals surface area contributed by atoms with Crippen LogP contribution < -0.4 is 5.73 Å². The van der Waals surface area contributed by atoms with Crippen molar-refractivity contribution in [1.82, 2.24) is 4.90 Å². The van der Waals surface area contributed by atoms with Gasteiger partial charge in [-0.3, -0.25) is 4.90 Å². The molecule has 0 aromatic heterocycles. The molecule has 0 saturated carbocycles. The lowest BCUT2D eigenvalue weighted by atomic mass is 9.86. The number of hydrogen-bond acceptors (Lipinski definition) is 3. The highest BCUT2D eigenvalue weighted by Crippen LogP contribution is 2.33. The Morgan fingerprint density at radius 2 is 2.11 bits per heavy atom. The minimum absolute atomic E-state index is 0.0417. The monoisotopic (exact) mass is 282 g/mol. The molecule has 1 aromatic carbocycles. The molecule has 1 atom stereocenters. The predicted molar refractivity (Wildman–Crippen MR) is 79.5 cm³/mol. The zero-order valence-corrected chi connectivity index (χ0v) is 12.5. The average Bonchev–Trinajstić information content (AvgIpc) is 2.46. The quantitative estimate of drug-likeness (QED) is 0.923. The van der Waals surface area contributed by atoms with Crippen LogP contribution in [0.3, 0.4) is 0 Å². The van der Waals surface area contributed by atoms with Gasteiger partial charge in [-0.25, -0.2) is 0 Å². The van der Waals surface area contributed by atoms with Gasteiger partial charge in [0.15, 0.2) is 0 Å². The summed E-state index contributed by atoms with van der Waals surface area (Å²) in [6, 6.07) is 8.36. The van der Waals surface area contributed by atoms with E-state index in [4.69, 9.17) is 22.1 Å². The second-order valence-electron chi connectivity index (χ2n) is 5.38. The average molecular weight is 283 g/mol. The summed E-state index contributed by atoms with van der Waals surface area (Å²) >= 11 is 6.08. The van der Waals surface area contributed by atoms with E-state index in [0.717, 1.165) is 31.1 Å². The second-order valence-corrected chi connectivity index (χ2v) is 5.82. The molecule has 106 valence electrons. The van der Waals surface area contributed by atoms with Crippen molar-refractivity contribution in [3.8, 4) is 0 Å². The van der Waals surface area contributed by atoms with Crippen LogP contribution in [-0.2, 0) is 4.74 Å². The summed E-state index contributed by atoms with van der Waals surface area (Å²) in [6.45, 7) is 4.46. The fraction of sp³-hybridized carbons (Fsp3) is 0.600. The minimum Gasteiger partial charge on any atom is -0.381 e. The summed E-state index contributed by atoms with van der Waals surface area (Å²) in [5.41, 5.74) is 7.33. The number of benzene rings is 1. The van der Waals surface area contributed by atoms with Gasteiger partial charge in [0, 0.05) is 36.4 Å². The first-order valence-corrected chi connectivity index (χ1v) is 7.23. The Kier molecular flexibility index (Phi) is 4.85. The third kappa shape index (κ3) is 3.11. The van der Waals surface area contributed by atoms with Crippen molar-refractivity contribution in [2.24, 2.45) is 5.73 Å². The van der Waals surface area contributed by atoms with Gasteiger partial charge in [0.2, 0.25) is 0 Å². The van der Waals surface area contributed by atoms with E-state index in [1.54, 1.807) is 0 Å². The van der Waals surface area contributed by atoms with Crippen LogP contribution in [-0.4, -0.2) is 37.2 Å².